The summed E-state index contributed by atoms with van der Waals surface area (Å²) >= 11 is 5.13. The van der Waals surface area contributed by atoms with Crippen LogP contribution >= 0.6 is 12.2 Å². The van der Waals surface area contributed by atoms with Gasteiger partial charge in [0.05, 0.1) is 4.99 Å². The van der Waals surface area contributed by atoms with Crippen molar-refractivity contribution in [3.63, 3.8) is 0 Å². The first kappa shape index (κ1) is 15.9. The smallest absolute Gasteiger partial charge is 0.235 e. The van der Waals surface area contributed by atoms with Crippen LogP contribution in [0.5, 0.6) is 0 Å². The Hall–Kier alpha value is -1.53. The second-order valence-electron chi connectivity index (χ2n) is 5.35. The van der Waals surface area contributed by atoms with E-state index in [0.29, 0.717) is 32.6 Å². The summed E-state index contributed by atoms with van der Waals surface area (Å²) in [6, 6.07) is 6.09. The molecule has 2 rings (SSSR count). The number of amides is 1. The molecule has 0 saturated carbocycles. The van der Waals surface area contributed by atoms with Gasteiger partial charge in [-0.1, -0.05) is 24.4 Å². The summed E-state index contributed by atoms with van der Waals surface area (Å²) in [5.41, 5.74) is 5.87. The van der Waals surface area contributed by atoms with E-state index in [2.05, 4.69) is 0 Å². The quantitative estimate of drug-likeness (QED) is 0.863. The predicted molar refractivity (Wildman–Crippen MR) is 82.1 cm³/mol. The zero-order valence-electron chi connectivity index (χ0n) is 12.0. The third-order valence-corrected chi connectivity index (χ3v) is 4.30. The Bertz CT molecular complexity index is 527. The molecule has 1 aliphatic heterocycles. The Morgan fingerprint density at radius 2 is 1.95 bits per heavy atom. The van der Waals surface area contributed by atoms with Crippen molar-refractivity contribution in [3.8, 4) is 0 Å². The highest BCUT2D eigenvalue weighted by Crippen LogP contribution is 2.33. The minimum absolute atomic E-state index is 0.0948. The van der Waals surface area contributed by atoms with Crippen LogP contribution in [0.3, 0.4) is 0 Å². The van der Waals surface area contributed by atoms with Crippen LogP contribution in [-0.2, 0) is 16.1 Å². The van der Waals surface area contributed by atoms with Gasteiger partial charge in [0.25, 0.3) is 0 Å². The molecule has 1 saturated heterocycles. The summed E-state index contributed by atoms with van der Waals surface area (Å²) < 4.78 is 18.2. The summed E-state index contributed by atoms with van der Waals surface area (Å²) in [6.07, 6.45) is 1.02. The summed E-state index contributed by atoms with van der Waals surface area (Å²) in [7, 11) is 1.71. The fourth-order valence-corrected chi connectivity index (χ4v) is 2.88. The minimum Gasteiger partial charge on any atom is -0.392 e. The SMILES string of the molecule is CN(Cc1ccc(F)cc1)C(=O)C1(C(N)=S)CCOCC1. The Morgan fingerprint density at radius 1 is 1.38 bits per heavy atom. The normalized spacial score (nSPS) is 17.2. The summed E-state index contributed by atoms with van der Waals surface area (Å²) in [5.74, 6) is -0.389. The van der Waals surface area contributed by atoms with Crippen molar-refractivity contribution < 1.29 is 13.9 Å². The Balaban J connectivity index is 2.13. The monoisotopic (exact) mass is 310 g/mol. The highest BCUT2D eigenvalue weighted by Gasteiger charge is 2.44. The van der Waals surface area contributed by atoms with Gasteiger partial charge in [-0.2, -0.15) is 0 Å². The lowest BCUT2D eigenvalue weighted by molar-refractivity contribution is -0.141. The standard InChI is InChI=1S/C15H19FN2O2S/c1-18(10-11-2-4-12(16)5-3-11)14(19)15(13(17)21)6-8-20-9-7-15/h2-5H,6-10H2,1H3,(H2,17,21). The third-order valence-electron chi connectivity index (χ3n) is 3.91. The number of benzene rings is 1. The van der Waals surface area contributed by atoms with Crippen LogP contribution < -0.4 is 5.73 Å². The van der Waals surface area contributed by atoms with Gasteiger partial charge in [-0.15, -0.1) is 0 Å². The molecule has 0 unspecified atom stereocenters. The predicted octanol–water partition coefficient (Wildman–Crippen LogP) is 1.87. The lowest BCUT2D eigenvalue weighted by Gasteiger charge is -2.37. The molecule has 0 bridgehead atoms. The van der Waals surface area contributed by atoms with Gasteiger partial charge in [0.2, 0.25) is 5.91 Å². The maximum Gasteiger partial charge on any atom is 0.235 e. The number of halogens is 1. The molecule has 1 fully saturated rings. The molecule has 1 amide bonds. The maximum absolute atomic E-state index is 12.9. The Labute approximate surface area is 129 Å². The molecule has 0 radical (unpaired) electrons. The number of hydrogen-bond donors (Lipinski definition) is 1. The van der Waals surface area contributed by atoms with Crippen molar-refractivity contribution >= 4 is 23.1 Å². The van der Waals surface area contributed by atoms with Crippen LogP contribution in [0.15, 0.2) is 24.3 Å². The van der Waals surface area contributed by atoms with Gasteiger partial charge in [0.15, 0.2) is 0 Å². The van der Waals surface area contributed by atoms with Gasteiger partial charge >= 0.3 is 0 Å². The van der Waals surface area contributed by atoms with Gasteiger partial charge in [0.1, 0.15) is 11.2 Å². The van der Waals surface area contributed by atoms with Gasteiger partial charge < -0.3 is 15.4 Å². The van der Waals surface area contributed by atoms with Crippen LogP contribution in [0.1, 0.15) is 18.4 Å². The fourth-order valence-electron chi connectivity index (χ4n) is 2.59. The summed E-state index contributed by atoms with van der Waals surface area (Å²) in [4.78, 5) is 14.6. The highest BCUT2D eigenvalue weighted by molar-refractivity contribution is 7.80. The van der Waals surface area contributed by atoms with Gasteiger partial charge in [-0.3, -0.25) is 4.79 Å². The molecule has 114 valence electrons. The Morgan fingerprint density at radius 3 is 2.48 bits per heavy atom. The van der Waals surface area contributed by atoms with E-state index in [1.165, 1.54) is 12.1 Å². The molecular weight excluding hydrogens is 291 g/mol. The zero-order valence-corrected chi connectivity index (χ0v) is 12.8. The number of nitrogens with zero attached hydrogens (tertiary/aromatic N) is 1. The largest absolute Gasteiger partial charge is 0.392 e. The van der Waals surface area contributed by atoms with E-state index in [1.807, 2.05) is 0 Å². The van der Waals surface area contributed by atoms with E-state index >= 15 is 0 Å². The molecule has 2 N–H and O–H groups in total. The molecule has 1 aromatic rings. The van der Waals surface area contributed by atoms with Crippen molar-refractivity contribution in [3.05, 3.63) is 35.6 Å². The van der Waals surface area contributed by atoms with Crippen LogP contribution in [0.2, 0.25) is 0 Å². The van der Waals surface area contributed by atoms with Crippen molar-refractivity contribution in [1.29, 1.82) is 0 Å². The molecule has 0 spiro atoms. The molecule has 1 heterocycles. The topological polar surface area (TPSA) is 55.6 Å². The summed E-state index contributed by atoms with van der Waals surface area (Å²) in [5, 5.41) is 0. The van der Waals surface area contributed by atoms with E-state index in [9.17, 15) is 9.18 Å². The van der Waals surface area contributed by atoms with Crippen molar-refractivity contribution in [1.82, 2.24) is 4.90 Å². The summed E-state index contributed by atoms with van der Waals surface area (Å²) in [6.45, 7) is 1.35. The minimum atomic E-state index is -0.817. The third kappa shape index (κ3) is 3.39. The average molecular weight is 310 g/mol. The van der Waals surface area contributed by atoms with Gasteiger partial charge in [0, 0.05) is 26.8 Å². The average Bonchev–Trinajstić information content (AvgIpc) is 2.49. The second kappa shape index (κ2) is 6.49. The van der Waals surface area contributed by atoms with Crippen LogP contribution in [0.4, 0.5) is 4.39 Å². The first-order chi connectivity index (χ1) is 9.95. The molecule has 0 aliphatic carbocycles. The van der Waals surface area contributed by atoms with Crippen LogP contribution in [-0.4, -0.2) is 36.1 Å². The fraction of sp³-hybridized carbons (Fsp3) is 0.467. The lowest BCUT2D eigenvalue weighted by Crippen LogP contribution is -2.52. The number of nitrogens with two attached hydrogens (primary N) is 1. The number of hydrogen-bond acceptors (Lipinski definition) is 3. The molecule has 4 nitrogen and oxygen atoms in total. The van der Waals surface area contributed by atoms with E-state index in [1.54, 1.807) is 24.1 Å². The van der Waals surface area contributed by atoms with Crippen molar-refractivity contribution in [2.24, 2.45) is 11.1 Å². The molecule has 0 atom stereocenters. The van der Waals surface area contributed by atoms with Crippen LogP contribution in [0.25, 0.3) is 0 Å². The number of thiocarbonyl (C=S) groups is 1. The van der Waals surface area contributed by atoms with E-state index in [0.717, 1.165) is 5.56 Å². The Kier molecular flexibility index (Phi) is 4.90. The van der Waals surface area contributed by atoms with Crippen molar-refractivity contribution in [2.75, 3.05) is 20.3 Å². The van der Waals surface area contributed by atoms with Gasteiger partial charge in [-0.05, 0) is 30.5 Å². The van der Waals surface area contributed by atoms with Crippen molar-refractivity contribution in [2.45, 2.75) is 19.4 Å². The molecule has 1 aromatic carbocycles. The number of carbonyl (C=O) groups excluding carboxylic acids is 1. The first-order valence-electron chi connectivity index (χ1n) is 6.83. The maximum atomic E-state index is 12.9. The number of ether oxygens (including phenoxy) is 1. The second-order valence-corrected chi connectivity index (χ2v) is 5.79. The van der Waals surface area contributed by atoms with E-state index in [4.69, 9.17) is 22.7 Å². The zero-order chi connectivity index (χ0) is 15.5. The molecular formula is C15H19FN2O2S. The number of rotatable bonds is 4. The highest BCUT2D eigenvalue weighted by atomic mass is 32.1. The lowest BCUT2D eigenvalue weighted by atomic mass is 9.78. The van der Waals surface area contributed by atoms with E-state index < -0.39 is 5.41 Å². The number of carbonyl (C=O) groups is 1. The van der Waals surface area contributed by atoms with E-state index in [-0.39, 0.29) is 16.7 Å². The van der Waals surface area contributed by atoms with Crippen LogP contribution in [0, 0.1) is 11.2 Å². The molecule has 1 aliphatic rings. The molecule has 0 aromatic heterocycles. The van der Waals surface area contributed by atoms with Gasteiger partial charge in [-0.25, -0.2) is 4.39 Å². The first-order valence-corrected chi connectivity index (χ1v) is 7.24. The molecule has 21 heavy (non-hydrogen) atoms. The molecule has 6 heteroatoms.